The van der Waals surface area contributed by atoms with Gasteiger partial charge in [0.15, 0.2) is 17.5 Å². The van der Waals surface area contributed by atoms with Crippen LogP contribution in [-0.4, -0.2) is 0 Å². The van der Waals surface area contributed by atoms with E-state index in [1.54, 1.807) is 13.8 Å². The number of hydrogen-bond donors (Lipinski definition) is 1. The molecule has 0 unspecified atom stereocenters. The third-order valence-electron chi connectivity index (χ3n) is 2.22. The highest BCUT2D eigenvalue weighted by atomic mass is 19.2. The second-order valence-electron chi connectivity index (χ2n) is 3.55. The molecule has 1 nitrogen and oxygen atoms in total. The van der Waals surface area contributed by atoms with Crippen LogP contribution in [0.3, 0.4) is 0 Å². The molecule has 78 valence electrons. The van der Waals surface area contributed by atoms with Crippen LogP contribution in [0.2, 0.25) is 0 Å². The fourth-order valence-corrected chi connectivity index (χ4v) is 1.38. The average molecular weight is 203 g/mol. The summed E-state index contributed by atoms with van der Waals surface area (Å²) in [6.45, 7) is 4.68. The Morgan fingerprint density at radius 1 is 1.00 bits per heavy atom. The van der Waals surface area contributed by atoms with Crippen LogP contribution < -0.4 is 5.73 Å². The zero-order valence-electron chi connectivity index (χ0n) is 8.29. The van der Waals surface area contributed by atoms with Crippen LogP contribution in [0, 0.1) is 24.4 Å². The molecule has 0 fully saturated rings. The highest BCUT2D eigenvalue weighted by Gasteiger charge is 2.22. The molecule has 0 saturated heterocycles. The maximum Gasteiger partial charge on any atom is 0.195 e. The minimum absolute atomic E-state index is 0.00333. The molecule has 1 rings (SSSR count). The summed E-state index contributed by atoms with van der Waals surface area (Å²) in [5, 5.41) is 0. The molecular formula is C10H12F3N. The minimum atomic E-state index is -1.44. The van der Waals surface area contributed by atoms with Gasteiger partial charge in [-0.15, -0.1) is 0 Å². The van der Waals surface area contributed by atoms with E-state index < -0.39 is 17.5 Å². The average Bonchev–Trinajstić information content (AvgIpc) is 2.11. The summed E-state index contributed by atoms with van der Waals surface area (Å²) in [6.07, 6.45) is 0. The Hall–Kier alpha value is -1.19. The molecule has 0 aromatic heterocycles. The van der Waals surface area contributed by atoms with Gasteiger partial charge in [-0.3, -0.25) is 0 Å². The van der Waals surface area contributed by atoms with E-state index in [-0.39, 0.29) is 22.7 Å². The molecule has 0 aliphatic heterocycles. The highest BCUT2D eigenvalue weighted by Crippen LogP contribution is 2.31. The summed E-state index contributed by atoms with van der Waals surface area (Å²) in [5.41, 5.74) is 5.51. The van der Waals surface area contributed by atoms with Gasteiger partial charge in [-0.25, -0.2) is 13.2 Å². The second kappa shape index (κ2) is 3.52. The Morgan fingerprint density at radius 2 is 1.50 bits per heavy atom. The van der Waals surface area contributed by atoms with Gasteiger partial charge in [0.2, 0.25) is 0 Å². The number of hydrogen-bond acceptors (Lipinski definition) is 1. The summed E-state index contributed by atoms with van der Waals surface area (Å²) in [4.78, 5) is 0. The highest BCUT2D eigenvalue weighted by molar-refractivity contribution is 5.56. The minimum Gasteiger partial charge on any atom is -0.398 e. The SMILES string of the molecule is Cc1c(N)c(C(C)C)c(F)c(F)c1F. The molecule has 14 heavy (non-hydrogen) atoms. The van der Waals surface area contributed by atoms with E-state index in [0.717, 1.165) is 0 Å². The van der Waals surface area contributed by atoms with Crippen molar-refractivity contribution in [3.8, 4) is 0 Å². The molecule has 0 atom stereocenters. The Labute approximate surface area is 80.7 Å². The third-order valence-corrected chi connectivity index (χ3v) is 2.22. The topological polar surface area (TPSA) is 26.0 Å². The van der Waals surface area contributed by atoms with Crippen molar-refractivity contribution in [2.75, 3.05) is 5.73 Å². The Morgan fingerprint density at radius 3 is 1.93 bits per heavy atom. The molecule has 2 N–H and O–H groups in total. The number of nitrogens with two attached hydrogens (primary N) is 1. The van der Waals surface area contributed by atoms with Crippen LogP contribution >= 0.6 is 0 Å². The molecule has 0 aliphatic carbocycles. The zero-order chi connectivity index (χ0) is 11.0. The van der Waals surface area contributed by atoms with Gasteiger partial charge in [0.25, 0.3) is 0 Å². The van der Waals surface area contributed by atoms with Gasteiger partial charge in [0.1, 0.15) is 0 Å². The van der Waals surface area contributed by atoms with Gasteiger partial charge in [0, 0.05) is 16.8 Å². The van der Waals surface area contributed by atoms with E-state index in [9.17, 15) is 13.2 Å². The quantitative estimate of drug-likeness (QED) is 0.550. The molecule has 0 spiro atoms. The van der Waals surface area contributed by atoms with Gasteiger partial charge >= 0.3 is 0 Å². The summed E-state index contributed by atoms with van der Waals surface area (Å²) in [5.74, 6) is -4.10. The van der Waals surface area contributed by atoms with E-state index in [4.69, 9.17) is 5.73 Å². The lowest BCUT2D eigenvalue weighted by atomic mass is 9.97. The van der Waals surface area contributed by atoms with E-state index in [1.165, 1.54) is 6.92 Å². The van der Waals surface area contributed by atoms with Crippen molar-refractivity contribution in [2.24, 2.45) is 0 Å². The number of rotatable bonds is 1. The summed E-state index contributed by atoms with van der Waals surface area (Å²) in [6, 6.07) is 0. The number of anilines is 1. The first-order valence-corrected chi connectivity index (χ1v) is 4.30. The first-order chi connectivity index (χ1) is 6.37. The van der Waals surface area contributed by atoms with Crippen molar-refractivity contribution in [3.05, 3.63) is 28.6 Å². The first kappa shape index (κ1) is 10.9. The summed E-state index contributed by atoms with van der Waals surface area (Å²) >= 11 is 0. The van der Waals surface area contributed by atoms with Crippen LogP contribution in [0.25, 0.3) is 0 Å². The number of nitrogen functional groups attached to an aromatic ring is 1. The fourth-order valence-electron chi connectivity index (χ4n) is 1.38. The van der Waals surface area contributed by atoms with Crippen LogP contribution in [-0.2, 0) is 0 Å². The molecule has 1 aromatic rings. The maximum absolute atomic E-state index is 13.3. The van der Waals surface area contributed by atoms with Crippen molar-refractivity contribution in [1.82, 2.24) is 0 Å². The van der Waals surface area contributed by atoms with E-state index in [2.05, 4.69) is 0 Å². The molecular weight excluding hydrogens is 191 g/mol. The molecule has 0 heterocycles. The lowest BCUT2D eigenvalue weighted by Gasteiger charge is -2.14. The molecule has 0 bridgehead atoms. The molecule has 0 radical (unpaired) electrons. The van der Waals surface area contributed by atoms with Gasteiger partial charge in [-0.2, -0.15) is 0 Å². The number of benzene rings is 1. The Balaban J connectivity index is 3.60. The molecule has 0 aliphatic rings. The Kier molecular flexibility index (Phi) is 2.73. The largest absolute Gasteiger partial charge is 0.398 e. The van der Waals surface area contributed by atoms with Crippen molar-refractivity contribution in [1.29, 1.82) is 0 Å². The van der Waals surface area contributed by atoms with Crippen LogP contribution in [0.15, 0.2) is 0 Å². The third kappa shape index (κ3) is 1.45. The van der Waals surface area contributed by atoms with Crippen molar-refractivity contribution < 1.29 is 13.2 Å². The number of halogens is 3. The monoisotopic (exact) mass is 203 g/mol. The lowest BCUT2D eigenvalue weighted by molar-refractivity contribution is 0.436. The van der Waals surface area contributed by atoms with Crippen LogP contribution in [0.4, 0.5) is 18.9 Å². The Bertz CT molecular complexity index is 343. The molecule has 1 aromatic carbocycles. The van der Waals surface area contributed by atoms with E-state index in [0.29, 0.717) is 0 Å². The predicted octanol–water partition coefficient (Wildman–Crippen LogP) is 3.12. The summed E-state index contributed by atoms with van der Waals surface area (Å²) in [7, 11) is 0. The molecule has 0 amide bonds. The normalized spacial score (nSPS) is 11.1. The standard InChI is InChI=1S/C10H12F3N/c1-4(2)6-8(12)9(13)7(11)5(3)10(6)14/h4H,14H2,1-3H3. The van der Waals surface area contributed by atoms with Gasteiger partial charge in [0.05, 0.1) is 0 Å². The van der Waals surface area contributed by atoms with Gasteiger partial charge in [-0.05, 0) is 12.8 Å². The molecule has 4 heteroatoms. The second-order valence-corrected chi connectivity index (χ2v) is 3.55. The van der Waals surface area contributed by atoms with Crippen molar-refractivity contribution in [2.45, 2.75) is 26.7 Å². The fraction of sp³-hybridized carbons (Fsp3) is 0.400. The molecule has 0 saturated carbocycles. The van der Waals surface area contributed by atoms with Crippen LogP contribution in [0.5, 0.6) is 0 Å². The smallest absolute Gasteiger partial charge is 0.195 e. The van der Waals surface area contributed by atoms with E-state index in [1.807, 2.05) is 0 Å². The first-order valence-electron chi connectivity index (χ1n) is 4.30. The summed E-state index contributed by atoms with van der Waals surface area (Å²) < 4.78 is 39.2. The lowest BCUT2D eigenvalue weighted by Crippen LogP contribution is -2.08. The van der Waals surface area contributed by atoms with Gasteiger partial charge < -0.3 is 5.73 Å². The maximum atomic E-state index is 13.3. The van der Waals surface area contributed by atoms with E-state index >= 15 is 0 Å². The van der Waals surface area contributed by atoms with Crippen molar-refractivity contribution in [3.63, 3.8) is 0 Å². The van der Waals surface area contributed by atoms with Crippen molar-refractivity contribution >= 4 is 5.69 Å². The van der Waals surface area contributed by atoms with Crippen LogP contribution in [0.1, 0.15) is 30.9 Å². The van der Waals surface area contributed by atoms with Gasteiger partial charge in [-0.1, -0.05) is 13.8 Å². The predicted molar refractivity (Wildman–Crippen MR) is 49.6 cm³/mol. The zero-order valence-corrected chi connectivity index (χ0v) is 8.29.